The van der Waals surface area contributed by atoms with Crippen molar-refractivity contribution in [1.29, 1.82) is 0 Å². The molecule has 2 aliphatic rings. The summed E-state index contributed by atoms with van der Waals surface area (Å²) >= 11 is 0. The van der Waals surface area contributed by atoms with Gasteiger partial charge in [0.1, 0.15) is 0 Å². The van der Waals surface area contributed by atoms with Gasteiger partial charge in [-0.15, -0.1) is 0 Å². The van der Waals surface area contributed by atoms with Crippen LogP contribution in [0.5, 0.6) is 0 Å². The Morgan fingerprint density at radius 3 is 2.60 bits per heavy atom. The van der Waals surface area contributed by atoms with Gasteiger partial charge in [-0.2, -0.15) is 0 Å². The van der Waals surface area contributed by atoms with Crippen molar-refractivity contribution < 1.29 is 4.79 Å². The topological polar surface area (TPSA) is 41.1 Å². The molecule has 0 aromatic heterocycles. The highest BCUT2D eigenvalue weighted by Crippen LogP contribution is 2.29. The van der Waals surface area contributed by atoms with Crippen molar-refractivity contribution in [3.05, 3.63) is 0 Å². The zero-order valence-electron chi connectivity index (χ0n) is 9.75. The first kappa shape index (κ1) is 10.9. The van der Waals surface area contributed by atoms with Crippen LogP contribution in [-0.2, 0) is 4.79 Å². The average Bonchev–Trinajstić information content (AvgIpc) is 2.10. The van der Waals surface area contributed by atoms with E-state index in [-0.39, 0.29) is 11.8 Å². The summed E-state index contributed by atoms with van der Waals surface area (Å²) in [5, 5.41) is 6.36. The van der Waals surface area contributed by atoms with Crippen LogP contribution in [-0.4, -0.2) is 25.0 Å². The van der Waals surface area contributed by atoms with Crippen LogP contribution in [0.1, 0.15) is 33.1 Å². The van der Waals surface area contributed by atoms with E-state index in [4.69, 9.17) is 0 Å². The first-order valence-electron chi connectivity index (χ1n) is 6.19. The van der Waals surface area contributed by atoms with Crippen molar-refractivity contribution in [2.75, 3.05) is 13.1 Å². The molecule has 1 amide bonds. The lowest BCUT2D eigenvalue weighted by Crippen LogP contribution is -2.54. The number of rotatable bonds is 2. The maximum atomic E-state index is 11.8. The number of amides is 1. The van der Waals surface area contributed by atoms with Gasteiger partial charge in [-0.1, -0.05) is 26.7 Å². The minimum Gasteiger partial charge on any atom is -0.353 e. The molecule has 3 nitrogen and oxygen atoms in total. The summed E-state index contributed by atoms with van der Waals surface area (Å²) in [6.07, 6.45) is 3.75. The third-order valence-corrected chi connectivity index (χ3v) is 4.19. The summed E-state index contributed by atoms with van der Waals surface area (Å²) in [7, 11) is 0. The quantitative estimate of drug-likeness (QED) is 0.718. The van der Waals surface area contributed by atoms with Crippen molar-refractivity contribution in [3.63, 3.8) is 0 Å². The molecule has 0 spiro atoms. The molecule has 15 heavy (non-hydrogen) atoms. The first-order chi connectivity index (χ1) is 7.18. The Bertz CT molecular complexity index is 238. The van der Waals surface area contributed by atoms with E-state index in [0.717, 1.165) is 25.4 Å². The second kappa shape index (κ2) is 4.52. The van der Waals surface area contributed by atoms with Gasteiger partial charge in [0.15, 0.2) is 0 Å². The third-order valence-electron chi connectivity index (χ3n) is 4.19. The average molecular weight is 210 g/mol. The van der Waals surface area contributed by atoms with E-state index in [1.165, 1.54) is 12.8 Å². The minimum absolute atomic E-state index is 0.231. The molecule has 3 heteroatoms. The highest BCUT2D eigenvalue weighted by molar-refractivity contribution is 5.80. The molecule has 0 bridgehead atoms. The van der Waals surface area contributed by atoms with E-state index in [1.54, 1.807) is 0 Å². The predicted molar refractivity (Wildman–Crippen MR) is 60.5 cm³/mol. The lowest BCUT2D eigenvalue weighted by atomic mass is 9.78. The molecule has 1 aliphatic carbocycles. The molecular formula is C12H22N2O. The summed E-state index contributed by atoms with van der Waals surface area (Å²) < 4.78 is 0. The molecule has 0 radical (unpaired) electrons. The molecule has 86 valence electrons. The SMILES string of the molecule is CC1CCCC(NC(=O)C2CNC2)C1C. The molecule has 2 N–H and O–H groups in total. The molecule has 1 heterocycles. The molecule has 1 saturated heterocycles. The van der Waals surface area contributed by atoms with E-state index in [2.05, 4.69) is 24.5 Å². The molecule has 0 aromatic rings. The van der Waals surface area contributed by atoms with Gasteiger partial charge in [0.25, 0.3) is 0 Å². The van der Waals surface area contributed by atoms with Crippen LogP contribution in [0.15, 0.2) is 0 Å². The van der Waals surface area contributed by atoms with E-state index >= 15 is 0 Å². The second-order valence-electron chi connectivity index (χ2n) is 5.24. The predicted octanol–water partition coefficient (Wildman–Crippen LogP) is 1.15. The standard InChI is InChI=1S/C12H22N2O/c1-8-4-3-5-11(9(8)2)14-12(15)10-6-13-7-10/h8-11,13H,3-7H2,1-2H3,(H,14,15). The van der Waals surface area contributed by atoms with Gasteiger partial charge < -0.3 is 10.6 Å². The molecule has 1 saturated carbocycles. The number of hydrogen-bond acceptors (Lipinski definition) is 2. The largest absolute Gasteiger partial charge is 0.353 e. The highest BCUT2D eigenvalue weighted by atomic mass is 16.2. The van der Waals surface area contributed by atoms with Crippen LogP contribution in [0.25, 0.3) is 0 Å². The molecule has 2 rings (SSSR count). The molecule has 2 fully saturated rings. The van der Waals surface area contributed by atoms with Crippen molar-refractivity contribution in [1.82, 2.24) is 10.6 Å². The van der Waals surface area contributed by atoms with E-state index in [1.807, 2.05) is 0 Å². The summed E-state index contributed by atoms with van der Waals surface area (Å²) in [5.74, 6) is 1.88. The maximum absolute atomic E-state index is 11.8. The zero-order chi connectivity index (χ0) is 10.8. The van der Waals surface area contributed by atoms with Gasteiger partial charge in [0, 0.05) is 19.1 Å². The van der Waals surface area contributed by atoms with Gasteiger partial charge in [0.05, 0.1) is 5.92 Å². The van der Waals surface area contributed by atoms with Crippen LogP contribution >= 0.6 is 0 Å². The monoisotopic (exact) mass is 210 g/mol. The second-order valence-corrected chi connectivity index (χ2v) is 5.24. The lowest BCUT2D eigenvalue weighted by Gasteiger charge is -2.36. The van der Waals surface area contributed by atoms with Gasteiger partial charge in [-0.05, 0) is 18.3 Å². The summed E-state index contributed by atoms with van der Waals surface area (Å²) in [6, 6.07) is 0.418. The van der Waals surface area contributed by atoms with Gasteiger partial charge in [-0.25, -0.2) is 0 Å². The fraction of sp³-hybridized carbons (Fsp3) is 0.917. The van der Waals surface area contributed by atoms with Crippen LogP contribution in [0.2, 0.25) is 0 Å². The van der Waals surface area contributed by atoms with Gasteiger partial charge in [-0.3, -0.25) is 4.79 Å². The molecular weight excluding hydrogens is 188 g/mol. The van der Waals surface area contributed by atoms with E-state index < -0.39 is 0 Å². The Kier molecular flexibility index (Phi) is 3.29. The molecule has 3 atom stereocenters. The van der Waals surface area contributed by atoms with Gasteiger partial charge in [0.2, 0.25) is 5.91 Å². The normalized spacial score (nSPS) is 37.1. The lowest BCUT2D eigenvalue weighted by molar-refractivity contribution is -0.127. The van der Waals surface area contributed by atoms with Crippen molar-refractivity contribution >= 4 is 5.91 Å². The minimum atomic E-state index is 0.231. The smallest absolute Gasteiger partial charge is 0.225 e. The Morgan fingerprint density at radius 1 is 1.27 bits per heavy atom. The summed E-state index contributed by atoms with van der Waals surface area (Å²) in [4.78, 5) is 11.8. The zero-order valence-corrected chi connectivity index (χ0v) is 9.75. The fourth-order valence-corrected chi connectivity index (χ4v) is 2.56. The van der Waals surface area contributed by atoms with Crippen molar-refractivity contribution in [2.24, 2.45) is 17.8 Å². The number of nitrogens with one attached hydrogen (secondary N) is 2. The summed E-state index contributed by atoms with van der Waals surface area (Å²) in [5.41, 5.74) is 0. The van der Waals surface area contributed by atoms with Crippen molar-refractivity contribution in [3.8, 4) is 0 Å². The Labute approximate surface area is 92.0 Å². The van der Waals surface area contributed by atoms with Crippen molar-refractivity contribution in [2.45, 2.75) is 39.2 Å². The molecule has 3 unspecified atom stereocenters. The van der Waals surface area contributed by atoms with Crippen LogP contribution in [0, 0.1) is 17.8 Å². The molecule has 1 aliphatic heterocycles. The Morgan fingerprint density at radius 2 is 2.00 bits per heavy atom. The maximum Gasteiger partial charge on any atom is 0.225 e. The Balaban J connectivity index is 1.84. The molecule has 0 aromatic carbocycles. The van der Waals surface area contributed by atoms with Crippen LogP contribution < -0.4 is 10.6 Å². The first-order valence-corrected chi connectivity index (χ1v) is 6.19. The summed E-state index contributed by atoms with van der Waals surface area (Å²) in [6.45, 7) is 6.30. The number of carbonyl (C=O) groups excluding carboxylic acids is 1. The fourth-order valence-electron chi connectivity index (χ4n) is 2.56. The van der Waals surface area contributed by atoms with E-state index in [9.17, 15) is 4.79 Å². The number of carbonyl (C=O) groups is 1. The van der Waals surface area contributed by atoms with Crippen LogP contribution in [0.4, 0.5) is 0 Å². The highest BCUT2D eigenvalue weighted by Gasteiger charge is 2.31. The van der Waals surface area contributed by atoms with E-state index in [0.29, 0.717) is 12.0 Å². The van der Waals surface area contributed by atoms with Gasteiger partial charge >= 0.3 is 0 Å². The Hall–Kier alpha value is -0.570. The third kappa shape index (κ3) is 2.33. The van der Waals surface area contributed by atoms with Crippen LogP contribution in [0.3, 0.4) is 0 Å². The number of hydrogen-bond donors (Lipinski definition) is 2.